The van der Waals surface area contributed by atoms with E-state index in [0.29, 0.717) is 12.1 Å². The topological polar surface area (TPSA) is 49.7 Å². The monoisotopic (exact) mass is 242 g/mol. The summed E-state index contributed by atoms with van der Waals surface area (Å²) in [5, 5.41) is 17.1. The summed E-state index contributed by atoms with van der Waals surface area (Å²) >= 11 is 0. The van der Waals surface area contributed by atoms with Crippen molar-refractivity contribution >= 4 is 12.6 Å². The summed E-state index contributed by atoms with van der Waals surface area (Å²) < 4.78 is 64.2. The fraction of sp³-hybridized carbons (Fsp3) is 0.143. The molecule has 0 bridgehead atoms. The van der Waals surface area contributed by atoms with Gasteiger partial charge in [0.1, 0.15) is 0 Å². The third kappa shape index (κ3) is 2.83. The molecule has 0 fully saturated rings. The van der Waals surface area contributed by atoms with E-state index in [1.54, 1.807) is 0 Å². The molecule has 88 valence electrons. The zero-order valence-electron chi connectivity index (χ0n) is 7.42. The lowest BCUT2D eigenvalue weighted by atomic mass is 9.80. The van der Waals surface area contributed by atoms with Crippen LogP contribution in [-0.4, -0.2) is 23.5 Å². The molecule has 0 aliphatic carbocycles. The Morgan fingerprint density at radius 3 is 2.06 bits per heavy atom. The summed E-state index contributed by atoms with van der Waals surface area (Å²) in [4.78, 5) is 0. The van der Waals surface area contributed by atoms with Gasteiger partial charge in [0, 0.05) is 5.46 Å². The molecule has 3 nitrogen and oxygen atoms in total. The van der Waals surface area contributed by atoms with Crippen LogP contribution in [0.25, 0.3) is 0 Å². The third-order valence-electron chi connectivity index (χ3n) is 1.58. The van der Waals surface area contributed by atoms with Crippen LogP contribution < -0.4 is 10.2 Å². The smallest absolute Gasteiger partial charge is 0.423 e. The Bertz CT molecular complexity index is 392. The van der Waals surface area contributed by atoms with Crippen molar-refractivity contribution < 1.29 is 36.7 Å². The summed E-state index contributed by atoms with van der Waals surface area (Å²) in [6.07, 6.45) is -5.16. The Morgan fingerprint density at radius 1 is 1.06 bits per heavy atom. The van der Waals surface area contributed by atoms with Crippen molar-refractivity contribution in [2.75, 3.05) is 0 Å². The van der Waals surface area contributed by atoms with Crippen molar-refractivity contribution in [2.45, 2.75) is 6.36 Å². The Kier molecular flexibility index (Phi) is 3.39. The molecule has 0 saturated carbocycles. The zero-order valence-corrected chi connectivity index (χ0v) is 7.42. The summed E-state index contributed by atoms with van der Waals surface area (Å²) in [5.41, 5.74) is -0.882. The fourth-order valence-electron chi connectivity index (χ4n) is 0.950. The molecule has 1 rings (SSSR count). The van der Waals surface area contributed by atoms with Gasteiger partial charge in [-0.2, -0.15) is 4.39 Å². The van der Waals surface area contributed by atoms with Crippen molar-refractivity contribution in [3.8, 4) is 5.75 Å². The maximum Gasteiger partial charge on any atom is 0.573 e. The summed E-state index contributed by atoms with van der Waals surface area (Å²) in [6.45, 7) is 0. The minimum Gasteiger partial charge on any atom is -0.423 e. The first-order chi connectivity index (χ1) is 7.22. The summed E-state index contributed by atoms with van der Waals surface area (Å²) in [7, 11) is -2.32. The van der Waals surface area contributed by atoms with E-state index in [-0.39, 0.29) is 0 Å². The van der Waals surface area contributed by atoms with Gasteiger partial charge in [0.25, 0.3) is 0 Å². The van der Waals surface area contributed by atoms with Crippen molar-refractivity contribution in [1.29, 1.82) is 0 Å². The van der Waals surface area contributed by atoms with Gasteiger partial charge in [0.15, 0.2) is 11.6 Å². The van der Waals surface area contributed by atoms with E-state index >= 15 is 0 Å². The molecule has 0 radical (unpaired) electrons. The Labute approximate surface area is 86.2 Å². The summed E-state index contributed by atoms with van der Waals surface area (Å²) in [5.74, 6) is -5.13. The minimum absolute atomic E-state index is 0.445. The molecule has 0 heterocycles. The lowest BCUT2D eigenvalue weighted by Crippen LogP contribution is -2.33. The van der Waals surface area contributed by atoms with Gasteiger partial charge in [0.2, 0.25) is 5.82 Å². The average molecular weight is 242 g/mol. The Hall–Kier alpha value is -1.35. The normalized spacial score (nSPS) is 11.4. The van der Waals surface area contributed by atoms with Crippen molar-refractivity contribution in [3.05, 3.63) is 23.8 Å². The third-order valence-corrected chi connectivity index (χ3v) is 1.58. The predicted octanol–water partition coefficient (Wildman–Crippen LogP) is 0.543. The van der Waals surface area contributed by atoms with Crippen molar-refractivity contribution in [3.63, 3.8) is 0 Å². The highest BCUT2D eigenvalue weighted by atomic mass is 19.4. The molecular weight excluding hydrogens is 238 g/mol. The number of ether oxygens (including phenoxy) is 1. The molecule has 16 heavy (non-hydrogen) atoms. The van der Waals surface area contributed by atoms with Gasteiger partial charge in [-0.05, 0) is 6.07 Å². The Morgan fingerprint density at radius 2 is 1.62 bits per heavy atom. The van der Waals surface area contributed by atoms with E-state index in [4.69, 9.17) is 10.0 Å². The molecule has 0 saturated heterocycles. The van der Waals surface area contributed by atoms with Gasteiger partial charge < -0.3 is 14.8 Å². The van der Waals surface area contributed by atoms with Gasteiger partial charge in [-0.1, -0.05) is 6.07 Å². The highest BCUT2D eigenvalue weighted by Crippen LogP contribution is 2.25. The molecule has 9 heteroatoms. The van der Waals surface area contributed by atoms with Crippen LogP contribution in [0.4, 0.5) is 22.0 Å². The lowest BCUT2D eigenvalue weighted by molar-refractivity contribution is -0.275. The van der Waals surface area contributed by atoms with E-state index in [1.807, 2.05) is 0 Å². The van der Waals surface area contributed by atoms with Gasteiger partial charge in [-0.3, -0.25) is 0 Å². The van der Waals surface area contributed by atoms with E-state index in [2.05, 4.69) is 4.74 Å². The second-order valence-electron chi connectivity index (χ2n) is 2.70. The Balaban J connectivity index is 3.12. The molecule has 0 unspecified atom stereocenters. The maximum absolute atomic E-state index is 12.9. The van der Waals surface area contributed by atoms with E-state index < -0.39 is 36.3 Å². The van der Waals surface area contributed by atoms with E-state index in [9.17, 15) is 22.0 Å². The largest absolute Gasteiger partial charge is 0.573 e. The molecule has 0 aromatic heterocycles. The van der Waals surface area contributed by atoms with Crippen LogP contribution in [0.1, 0.15) is 0 Å². The highest BCUT2D eigenvalue weighted by molar-refractivity contribution is 6.58. The van der Waals surface area contributed by atoms with Crippen LogP contribution in [0.5, 0.6) is 5.75 Å². The first-order valence-corrected chi connectivity index (χ1v) is 3.82. The molecular formula is C7H4BF5O3. The van der Waals surface area contributed by atoms with Gasteiger partial charge in [-0.15, -0.1) is 13.2 Å². The number of rotatable bonds is 2. The average Bonchev–Trinajstić information content (AvgIpc) is 2.10. The molecule has 0 amide bonds. The molecule has 0 atom stereocenters. The number of hydrogen-bond donors (Lipinski definition) is 2. The SMILES string of the molecule is OB(O)c1ccc(OC(F)(F)F)c(F)c1F. The van der Waals surface area contributed by atoms with Gasteiger partial charge in [-0.25, -0.2) is 4.39 Å². The quantitative estimate of drug-likeness (QED) is 0.587. The van der Waals surface area contributed by atoms with Crippen LogP contribution in [0.3, 0.4) is 0 Å². The van der Waals surface area contributed by atoms with E-state index in [0.717, 1.165) is 0 Å². The van der Waals surface area contributed by atoms with Crippen LogP contribution in [0.2, 0.25) is 0 Å². The molecule has 0 aliphatic rings. The zero-order chi connectivity index (χ0) is 12.5. The van der Waals surface area contributed by atoms with Crippen molar-refractivity contribution in [2.24, 2.45) is 0 Å². The molecule has 2 N–H and O–H groups in total. The first kappa shape index (κ1) is 12.7. The highest BCUT2D eigenvalue weighted by Gasteiger charge is 2.34. The second kappa shape index (κ2) is 4.26. The van der Waals surface area contributed by atoms with Crippen LogP contribution in [0.15, 0.2) is 12.1 Å². The van der Waals surface area contributed by atoms with Crippen LogP contribution in [0, 0.1) is 11.6 Å². The second-order valence-corrected chi connectivity index (χ2v) is 2.70. The first-order valence-electron chi connectivity index (χ1n) is 3.82. The molecule has 1 aromatic rings. The minimum atomic E-state index is -5.16. The van der Waals surface area contributed by atoms with Gasteiger partial charge in [0.05, 0.1) is 0 Å². The number of halogens is 5. The summed E-state index contributed by atoms with van der Waals surface area (Å²) in [6, 6.07) is 1.02. The van der Waals surface area contributed by atoms with E-state index in [1.165, 1.54) is 0 Å². The molecule has 0 spiro atoms. The van der Waals surface area contributed by atoms with Crippen LogP contribution >= 0.6 is 0 Å². The van der Waals surface area contributed by atoms with Crippen molar-refractivity contribution in [1.82, 2.24) is 0 Å². The molecule has 0 aliphatic heterocycles. The maximum atomic E-state index is 12.9. The number of alkyl halides is 3. The number of benzene rings is 1. The van der Waals surface area contributed by atoms with Crippen LogP contribution in [-0.2, 0) is 0 Å². The fourth-order valence-corrected chi connectivity index (χ4v) is 0.950. The standard InChI is InChI=1S/C7H4BF5O3/c9-5-3(8(14)15)1-2-4(6(5)10)16-7(11,12)13/h1-2,14-15H. The van der Waals surface area contributed by atoms with Gasteiger partial charge >= 0.3 is 13.5 Å². The molecule has 1 aromatic carbocycles. The predicted molar refractivity (Wildman–Crippen MR) is 42.9 cm³/mol. The number of hydrogen-bond acceptors (Lipinski definition) is 3. The lowest BCUT2D eigenvalue weighted by Gasteiger charge is -2.11.